The number of carbonyl (C=O) groups excluding carboxylic acids is 1. The molecule has 0 radical (unpaired) electrons. The number of hydrogen-bond acceptors (Lipinski definition) is 5. The summed E-state index contributed by atoms with van der Waals surface area (Å²) in [6.45, 7) is 4.03. The Morgan fingerprint density at radius 1 is 1.32 bits per heavy atom. The molecule has 1 amide bonds. The number of nitrogens with zero attached hydrogens (tertiary/aromatic N) is 4. The Labute approximate surface area is 165 Å². The Kier molecular flexibility index (Phi) is 5.52. The molecule has 7 nitrogen and oxygen atoms in total. The fourth-order valence-corrected chi connectivity index (χ4v) is 4.43. The van der Waals surface area contributed by atoms with Crippen LogP contribution in [0.25, 0.3) is 0 Å². The number of carbonyl (C=O) groups is 1. The first kappa shape index (κ1) is 18.8. The van der Waals surface area contributed by atoms with Gasteiger partial charge in [-0.3, -0.25) is 9.69 Å². The van der Waals surface area contributed by atoms with Gasteiger partial charge >= 0.3 is 0 Å². The minimum Gasteiger partial charge on any atom is -0.493 e. The number of hydrogen-bond donors (Lipinski definition) is 0. The van der Waals surface area contributed by atoms with E-state index in [1.165, 1.54) is 0 Å². The van der Waals surface area contributed by atoms with Gasteiger partial charge in [-0.2, -0.15) is 0 Å². The van der Waals surface area contributed by atoms with Crippen molar-refractivity contribution < 1.29 is 14.3 Å². The van der Waals surface area contributed by atoms with Crippen molar-refractivity contribution in [1.29, 1.82) is 0 Å². The summed E-state index contributed by atoms with van der Waals surface area (Å²) in [7, 11) is 3.62. The van der Waals surface area contributed by atoms with Gasteiger partial charge in [-0.25, -0.2) is 4.98 Å². The maximum absolute atomic E-state index is 12.0. The molecule has 2 fully saturated rings. The third-order valence-electron chi connectivity index (χ3n) is 5.94. The van der Waals surface area contributed by atoms with Crippen LogP contribution in [0.15, 0.2) is 36.9 Å². The minimum atomic E-state index is 0.279. The Balaban J connectivity index is 1.43. The summed E-state index contributed by atoms with van der Waals surface area (Å²) >= 11 is 0. The molecule has 0 spiro atoms. The number of rotatable bonds is 7. The Morgan fingerprint density at radius 2 is 2.21 bits per heavy atom. The van der Waals surface area contributed by atoms with Crippen molar-refractivity contribution >= 4 is 5.91 Å². The van der Waals surface area contributed by atoms with E-state index in [1.807, 2.05) is 34.8 Å². The first-order valence-electron chi connectivity index (χ1n) is 9.88. The molecule has 150 valence electrons. The minimum absolute atomic E-state index is 0.279. The van der Waals surface area contributed by atoms with E-state index in [-0.39, 0.29) is 5.91 Å². The zero-order chi connectivity index (χ0) is 19.5. The predicted molar refractivity (Wildman–Crippen MR) is 105 cm³/mol. The predicted octanol–water partition coefficient (Wildman–Crippen LogP) is 2.02. The van der Waals surface area contributed by atoms with E-state index in [9.17, 15) is 4.79 Å². The van der Waals surface area contributed by atoms with E-state index in [1.54, 1.807) is 19.6 Å². The molecule has 3 heterocycles. The molecule has 28 heavy (non-hydrogen) atoms. The molecule has 2 atom stereocenters. The second-order valence-electron chi connectivity index (χ2n) is 7.66. The molecule has 2 aromatic rings. The number of piperidine rings is 1. The highest BCUT2D eigenvalue weighted by Gasteiger charge is 2.40. The van der Waals surface area contributed by atoms with Gasteiger partial charge in [0.25, 0.3) is 0 Å². The van der Waals surface area contributed by atoms with Gasteiger partial charge in [0, 0.05) is 63.0 Å². The summed E-state index contributed by atoms with van der Waals surface area (Å²) in [6, 6.07) is 6.45. The molecule has 0 unspecified atom stereocenters. The lowest BCUT2D eigenvalue weighted by Gasteiger charge is -2.36. The molecule has 7 heteroatoms. The van der Waals surface area contributed by atoms with E-state index in [0.717, 1.165) is 49.7 Å². The number of fused-ring (bicyclic) bond motifs is 1. The Bertz CT molecular complexity index is 808. The zero-order valence-corrected chi connectivity index (χ0v) is 16.6. The molecule has 4 rings (SSSR count). The molecule has 1 aromatic carbocycles. The number of aromatic nitrogens is 2. The van der Waals surface area contributed by atoms with E-state index in [0.29, 0.717) is 25.0 Å². The maximum atomic E-state index is 12.0. The van der Waals surface area contributed by atoms with Gasteiger partial charge in [0.15, 0.2) is 11.5 Å². The van der Waals surface area contributed by atoms with E-state index >= 15 is 0 Å². The first-order valence-corrected chi connectivity index (χ1v) is 9.88. The molecule has 0 N–H and O–H groups in total. The lowest BCUT2D eigenvalue weighted by atomic mass is 9.92. The topological polar surface area (TPSA) is 59.8 Å². The molecule has 0 bridgehead atoms. The van der Waals surface area contributed by atoms with Crippen LogP contribution in [0.3, 0.4) is 0 Å². The van der Waals surface area contributed by atoms with E-state index in [2.05, 4.69) is 16.0 Å². The zero-order valence-electron chi connectivity index (χ0n) is 16.6. The number of benzene rings is 1. The number of likely N-dealkylation sites (tertiary alicyclic amines) is 2. The van der Waals surface area contributed by atoms with E-state index < -0.39 is 0 Å². The lowest BCUT2D eigenvalue weighted by molar-refractivity contribution is -0.127. The van der Waals surface area contributed by atoms with Crippen molar-refractivity contribution in [2.75, 3.05) is 33.9 Å². The molecular formula is C21H28N4O3. The van der Waals surface area contributed by atoms with Crippen LogP contribution >= 0.6 is 0 Å². The maximum Gasteiger partial charge on any atom is 0.222 e. The van der Waals surface area contributed by atoms with Crippen molar-refractivity contribution in [1.82, 2.24) is 19.4 Å². The molecule has 2 aliphatic heterocycles. The summed E-state index contributed by atoms with van der Waals surface area (Å²) in [5.41, 5.74) is 1.13. The number of para-hydroxylation sites is 1. The number of ether oxygens (including phenoxy) is 2. The standard InChI is InChI=1S/C21H28N4O3/c1-23-18-6-8-25(14-17(18)12-20(23)26)13-16-4-3-5-19(27-2)21(16)28-11-10-24-9-7-22-15-24/h3-5,7,9,15,17-18H,6,8,10-14H2,1-2H3/t17-,18+/m1/s1. The van der Waals surface area contributed by atoms with Crippen LogP contribution in [0.4, 0.5) is 0 Å². The molecule has 2 aliphatic rings. The van der Waals surface area contributed by atoms with Crippen LogP contribution in [-0.4, -0.2) is 65.2 Å². The molecule has 0 aliphatic carbocycles. The fraction of sp³-hybridized carbons (Fsp3) is 0.524. The van der Waals surface area contributed by atoms with Crippen LogP contribution in [0.2, 0.25) is 0 Å². The monoisotopic (exact) mass is 384 g/mol. The average Bonchev–Trinajstić information content (AvgIpc) is 3.31. The number of methoxy groups -OCH3 is 1. The first-order chi connectivity index (χ1) is 13.7. The van der Waals surface area contributed by atoms with Gasteiger partial charge in [0.05, 0.1) is 20.0 Å². The van der Waals surface area contributed by atoms with E-state index in [4.69, 9.17) is 9.47 Å². The second kappa shape index (κ2) is 8.22. The second-order valence-corrected chi connectivity index (χ2v) is 7.66. The Hall–Kier alpha value is -2.54. The van der Waals surface area contributed by atoms with Crippen LogP contribution in [0.5, 0.6) is 11.5 Å². The van der Waals surface area contributed by atoms with Gasteiger partial charge in [0.1, 0.15) is 6.61 Å². The summed E-state index contributed by atoms with van der Waals surface area (Å²) in [5, 5.41) is 0. The fourth-order valence-electron chi connectivity index (χ4n) is 4.43. The van der Waals surface area contributed by atoms with Gasteiger partial charge in [-0.05, 0) is 12.5 Å². The highest BCUT2D eigenvalue weighted by molar-refractivity contribution is 5.79. The smallest absolute Gasteiger partial charge is 0.222 e. The van der Waals surface area contributed by atoms with Gasteiger partial charge in [-0.1, -0.05) is 12.1 Å². The van der Waals surface area contributed by atoms with Gasteiger partial charge in [-0.15, -0.1) is 0 Å². The lowest BCUT2D eigenvalue weighted by Crippen LogP contribution is -2.44. The SMILES string of the molecule is COc1cccc(CN2CC[C@H]3[C@H](CC(=O)N3C)C2)c1OCCn1ccnc1. The third-order valence-corrected chi connectivity index (χ3v) is 5.94. The molecular weight excluding hydrogens is 356 g/mol. The molecule has 1 aromatic heterocycles. The summed E-state index contributed by atoms with van der Waals surface area (Å²) < 4.78 is 13.7. The van der Waals surface area contributed by atoms with Crippen molar-refractivity contribution in [3.8, 4) is 11.5 Å². The Morgan fingerprint density at radius 3 is 3.00 bits per heavy atom. The van der Waals surface area contributed by atoms with Crippen LogP contribution in [0.1, 0.15) is 18.4 Å². The van der Waals surface area contributed by atoms with Crippen LogP contribution < -0.4 is 9.47 Å². The quantitative estimate of drug-likeness (QED) is 0.731. The third kappa shape index (κ3) is 3.85. The summed E-state index contributed by atoms with van der Waals surface area (Å²) in [6.07, 6.45) is 7.19. The van der Waals surface area contributed by atoms with Crippen molar-refractivity contribution in [2.24, 2.45) is 5.92 Å². The van der Waals surface area contributed by atoms with Crippen LogP contribution in [-0.2, 0) is 17.9 Å². The highest BCUT2D eigenvalue weighted by Crippen LogP contribution is 2.35. The van der Waals surface area contributed by atoms with Gasteiger partial charge in [0.2, 0.25) is 5.91 Å². The molecule has 0 saturated carbocycles. The number of amides is 1. The average molecular weight is 384 g/mol. The van der Waals surface area contributed by atoms with Crippen LogP contribution in [0, 0.1) is 5.92 Å². The van der Waals surface area contributed by atoms with Crippen molar-refractivity contribution in [3.63, 3.8) is 0 Å². The molecule has 2 saturated heterocycles. The highest BCUT2D eigenvalue weighted by atomic mass is 16.5. The summed E-state index contributed by atoms with van der Waals surface area (Å²) in [5.74, 6) is 2.28. The normalized spacial score (nSPS) is 22.4. The van der Waals surface area contributed by atoms with Crippen molar-refractivity contribution in [2.45, 2.75) is 32.0 Å². The van der Waals surface area contributed by atoms with Crippen molar-refractivity contribution in [3.05, 3.63) is 42.5 Å². The van der Waals surface area contributed by atoms with Gasteiger partial charge < -0.3 is 18.9 Å². The summed E-state index contributed by atoms with van der Waals surface area (Å²) in [4.78, 5) is 20.5. The number of imidazole rings is 1. The largest absolute Gasteiger partial charge is 0.493 e.